The molecular weight excluding hydrogens is 413 g/mol. The summed E-state index contributed by atoms with van der Waals surface area (Å²) in [7, 11) is 0. The number of ether oxygens (including phenoxy) is 1. The lowest BCUT2D eigenvalue weighted by atomic mass is 10.1. The Morgan fingerprint density at radius 2 is 2.07 bits per heavy atom. The summed E-state index contributed by atoms with van der Waals surface area (Å²) >= 11 is 6.09. The SMILES string of the molecule is Cc1ccn2c(=O)cc(COC(=O)c3c(-c4c(F)cccc4Cl)noc3C)nc2c1. The molecule has 0 radical (unpaired) electrons. The van der Waals surface area contributed by atoms with Crippen molar-refractivity contribution < 1.29 is 18.4 Å². The van der Waals surface area contributed by atoms with Crippen molar-refractivity contribution in [2.24, 2.45) is 0 Å². The van der Waals surface area contributed by atoms with Crippen LogP contribution in [0.4, 0.5) is 4.39 Å². The van der Waals surface area contributed by atoms with E-state index in [2.05, 4.69) is 10.1 Å². The third kappa shape index (κ3) is 3.57. The Hall–Kier alpha value is -3.52. The molecule has 9 heteroatoms. The highest BCUT2D eigenvalue weighted by atomic mass is 35.5. The highest BCUT2D eigenvalue weighted by Gasteiger charge is 2.26. The number of fused-ring (bicyclic) bond motifs is 1. The molecule has 0 saturated carbocycles. The van der Waals surface area contributed by atoms with Gasteiger partial charge in [-0.25, -0.2) is 14.2 Å². The van der Waals surface area contributed by atoms with Crippen molar-refractivity contribution in [3.05, 3.63) is 86.4 Å². The molecule has 0 saturated heterocycles. The third-order valence-corrected chi connectivity index (χ3v) is 4.81. The van der Waals surface area contributed by atoms with E-state index >= 15 is 0 Å². The molecule has 3 aromatic heterocycles. The van der Waals surface area contributed by atoms with Gasteiger partial charge < -0.3 is 9.26 Å². The first-order valence-electron chi connectivity index (χ1n) is 8.92. The maximum Gasteiger partial charge on any atom is 0.344 e. The summed E-state index contributed by atoms with van der Waals surface area (Å²) in [5, 5.41) is 3.86. The van der Waals surface area contributed by atoms with Crippen LogP contribution < -0.4 is 5.56 Å². The van der Waals surface area contributed by atoms with Crippen molar-refractivity contribution in [3.63, 3.8) is 0 Å². The fourth-order valence-corrected chi connectivity index (χ4v) is 3.30. The van der Waals surface area contributed by atoms with E-state index in [0.29, 0.717) is 5.65 Å². The molecule has 0 fully saturated rings. The summed E-state index contributed by atoms with van der Waals surface area (Å²) in [5.74, 6) is -1.30. The number of halogens is 2. The van der Waals surface area contributed by atoms with Crippen molar-refractivity contribution in [2.75, 3.05) is 0 Å². The van der Waals surface area contributed by atoms with E-state index in [1.807, 2.05) is 6.92 Å². The summed E-state index contributed by atoms with van der Waals surface area (Å²) in [4.78, 5) is 29.3. The molecule has 0 unspecified atom stereocenters. The van der Waals surface area contributed by atoms with Crippen LogP contribution in [0.3, 0.4) is 0 Å². The molecule has 0 spiro atoms. The molecule has 3 heterocycles. The summed E-state index contributed by atoms with van der Waals surface area (Å²) in [6, 6.07) is 8.94. The van der Waals surface area contributed by atoms with Gasteiger partial charge in [-0.15, -0.1) is 0 Å². The molecule has 0 aliphatic carbocycles. The van der Waals surface area contributed by atoms with Gasteiger partial charge in [-0.05, 0) is 43.7 Å². The van der Waals surface area contributed by atoms with E-state index in [9.17, 15) is 14.0 Å². The number of pyridine rings is 1. The molecule has 4 aromatic rings. The highest BCUT2D eigenvalue weighted by molar-refractivity contribution is 6.33. The third-order valence-electron chi connectivity index (χ3n) is 4.49. The predicted octanol–water partition coefficient (Wildman–Crippen LogP) is 4.12. The van der Waals surface area contributed by atoms with Crippen LogP contribution in [-0.2, 0) is 11.3 Å². The van der Waals surface area contributed by atoms with Crippen molar-refractivity contribution in [1.29, 1.82) is 0 Å². The largest absolute Gasteiger partial charge is 0.455 e. The van der Waals surface area contributed by atoms with Crippen LogP contribution in [0, 0.1) is 19.7 Å². The lowest BCUT2D eigenvalue weighted by Crippen LogP contribution is -2.17. The number of nitrogens with zero attached hydrogens (tertiary/aromatic N) is 3. The number of carbonyl (C=O) groups is 1. The van der Waals surface area contributed by atoms with Gasteiger partial charge in [0.05, 0.1) is 16.3 Å². The van der Waals surface area contributed by atoms with Crippen LogP contribution in [0.5, 0.6) is 0 Å². The normalized spacial score (nSPS) is 11.1. The fourth-order valence-electron chi connectivity index (χ4n) is 3.05. The molecule has 152 valence electrons. The minimum absolute atomic E-state index is 0.0460. The minimum atomic E-state index is -0.797. The van der Waals surface area contributed by atoms with E-state index in [4.69, 9.17) is 20.9 Å². The van der Waals surface area contributed by atoms with Gasteiger partial charge in [-0.3, -0.25) is 9.20 Å². The van der Waals surface area contributed by atoms with Crippen molar-refractivity contribution in [1.82, 2.24) is 14.5 Å². The van der Waals surface area contributed by atoms with Crippen molar-refractivity contribution in [3.8, 4) is 11.3 Å². The van der Waals surface area contributed by atoms with E-state index in [1.165, 1.54) is 35.6 Å². The van der Waals surface area contributed by atoms with Gasteiger partial charge in [-0.2, -0.15) is 0 Å². The number of esters is 1. The Balaban J connectivity index is 1.64. The Kier molecular flexibility index (Phi) is 5.09. The highest BCUT2D eigenvalue weighted by Crippen LogP contribution is 2.33. The first-order valence-corrected chi connectivity index (χ1v) is 9.29. The van der Waals surface area contributed by atoms with Crippen LogP contribution in [0.1, 0.15) is 27.4 Å². The van der Waals surface area contributed by atoms with Gasteiger partial charge in [0.2, 0.25) is 0 Å². The Labute approximate surface area is 174 Å². The Morgan fingerprint density at radius 3 is 2.83 bits per heavy atom. The number of hydrogen-bond acceptors (Lipinski definition) is 6. The van der Waals surface area contributed by atoms with E-state index in [-0.39, 0.29) is 45.5 Å². The van der Waals surface area contributed by atoms with E-state index in [1.54, 1.807) is 18.3 Å². The van der Waals surface area contributed by atoms with Crippen LogP contribution in [0.15, 0.2) is 51.9 Å². The van der Waals surface area contributed by atoms with Crippen LogP contribution in [0.25, 0.3) is 16.9 Å². The quantitative estimate of drug-likeness (QED) is 0.455. The molecule has 30 heavy (non-hydrogen) atoms. The zero-order valence-corrected chi connectivity index (χ0v) is 16.7. The summed E-state index contributed by atoms with van der Waals surface area (Å²) < 4.78 is 26.1. The standard InChI is InChI=1S/C21H15ClFN3O4/c1-11-6-7-26-16(8-11)24-13(9-17(26)27)10-29-21(28)18-12(2)30-25-20(18)19-14(22)4-3-5-15(19)23/h3-9H,10H2,1-2H3. The van der Waals surface area contributed by atoms with Crippen molar-refractivity contribution in [2.45, 2.75) is 20.5 Å². The fraction of sp³-hybridized carbons (Fsp3) is 0.143. The Bertz CT molecular complexity index is 1330. The second-order valence-corrected chi connectivity index (χ2v) is 7.06. The molecule has 0 aliphatic heterocycles. The number of hydrogen-bond donors (Lipinski definition) is 0. The van der Waals surface area contributed by atoms with E-state index in [0.717, 1.165) is 5.56 Å². The number of rotatable bonds is 4. The minimum Gasteiger partial charge on any atom is -0.455 e. The molecular formula is C21H15ClFN3O4. The average molecular weight is 428 g/mol. The first kappa shape index (κ1) is 19.8. The van der Waals surface area contributed by atoms with Gasteiger partial charge in [0, 0.05) is 12.3 Å². The summed E-state index contributed by atoms with van der Waals surface area (Å²) in [6.07, 6.45) is 1.63. The van der Waals surface area contributed by atoms with Crippen LogP contribution in [0.2, 0.25) is 5.02 Å². The zero-order valence-electron chi connectivity index (χ0n) is 16.0. The van der Waals surface area contributed by atoms with Crippen LogP contribution >= 0.6 is 11.6 Å². The maximum atomic E-state index is 14.3. The summed E-state index contributed by atoms with van der Waals surface area (Å²) in [6.45, 7) is 3.13. The van der Waals surface area contributed by atoms with Gasteiger partial charge in [-0.1, -0.05) is 22.8 Å². The number of carbonyl (C=O) groups excluding carboxylic acids is 1. The zero-order chi connectivity index (χ0) is 21.4. The molecule has 0 amide bonds. The van der Waals surface area contributed by atoms with Gasteiger partial charge >= 0.3 is 5.97 Å². The molecule has 1 aromatic carbocycles. The second-order valence-electron chi connectivity index (χ2n) is 6.65. The van der Waals surface area contributed by atoms with E-state index < -0.39 is 11.8 Å². The molecule has 0 aliphatic rings. The predicted molar refractivity (Wildman–Crippen MR) is 107 cm³/mol. The number of aromatic nitrogens is 3. The topological polar surface area (TPSA) is 86.7 Å². The van der Waals surface area contributed by atoms with Crippen molar-refractivity contribution >= 4 is 23.2 Å². The maximum absolute atomic E-state index is 14.3. The molecule has 7 nitrogen and oxygen atoms in total. The average Bonchev–Trinajstić information content (AvgIpc) is 3.07. The first-order chi connectivity index (χ1) is 14.3. The van der Waals surface area contributed by atoms with Gasteiger partial charge in [0.1, 0.15) is 35.1 Å². The lowest BCUT2D eigenvalue weighted by molar-refractivity contribution is 0.0466. The van der Waals surface area contributed by atoms with Gasteiger partial charge in [0.25, 0.3) is 5.56 Å². The lowest BCUT2D eigenvalue weighted by Gasteiger charge is -2.08. The smallest absolute Gasteiger partial charge is 0.344 e. The Morgan fingerprint density at radius 1 is 1.27 bits per heavy atom. The molecule has 0 N–H and O–H groups in total. The number of benzene rings is 1. The molecule has 0 bridgehead atoms. The second kappa shape index (κ2) is 7.72. The van der Waals surface area contributed by atoms with Crippen LogP contribution in [-0.4, -0.2) is 20.5 Å². The van der Waals surface area contributed by atoms with Gasteiger partial charge in [0.15, 0.2) is 0 Å². The molecule has 4 rings (SSSR count). The number of aryl methyl sites for hydroxylation is 2. The summed E-state index contributed by atoms with van der Waals surface area (Å²) in [5.41, 5.74) is 1.19. The monoisotopic (exact) mass is 427 g/mol. The molecule has 0 atom stereocenters.